The van der Waals surface area contributed by atoms with E-state index < -0.39 is 251 Å². The average Bonchev–Trinajstić information content (AvgIpc) is 2.50. The van der Waals surface area contributed by atoms with Crippen LogP contribution in [0.1, 0.15) is 34.6 Å². The van der Waals surface area contributed by atoms with Crippen LogP contribution in [0.3, 0.4) is 0 Å². The number of hydrogen-bond acceptors (Lipinski definition) is 33. The number of ether oxygens (including phenoxy) is 11. The molecule has 6 saturated heterocycles. The number of nitrogens with one attached hydrogen (secondary N) is 5. The summed E-state index contributed by atoms with van der Waals surface area (Å²) in [7, 11) is -2.79. The Hall–Kier alpha value is -3.25. The molecule has 6 aliphatic heterocycles. The Bertz CT molecular complexity index is 2270. The Morgan fingerprint density at radius 2 is 0.798 bits per heavy atom. The van der Waals surface area contributed by atoms with E-state index >= 15 is 0 Å². The van der Waals surface area contributed by atoms with Gasteiger partial charge in [0.2, 0.25) is 23.6 Å². The highest BCUT2D eigenvalue weighted by molar-refractivity contribution is 7.81. The predicted octanol–water partition coefficient (Wildman–Crippen LogP) is -12.4. The summed E-state index contributed by atoms with van der Waals surface area (Å²) in [4.78, 5) is 50.7. The summed E-state index contributed by atoms with van der Waals surface area (Å²) in [5.41, 5.74) is 0. The van der Waals surface area contributed by atoms with Crippen molar-refractivity contribution < 1.29 is 154 Å². The first-order valence-electron chi connectivity index (χ1n) is 26.5. The highest BCUT2D eigenvalue weighted by Crippen LogP contribution is 2.37. The molecule has 6 heterocycles. The fourth-order valence-corrected chi connectivity index (χ4v) is 10.9. The number of aliphatic hydroxyl groups excluding tert-OH is 13. The minimum absolute atomic E-state index is 0.723. The molecule has 4 amide bonds. The van der Waals surface area contributed by atoms with Gasteiger partial charge in [0, 0.05) is 27.7 Å². The van der Waals surface area contributed by atoms with E-state index in [1.807, 2.05) is 0 Å². The van der Waals surface area contributed by atoms with Crippen LogP contribution in [0.4, 0.5) is 0 Å². The number of rotatable bonds is 23. The molecule has 486 valence electrons. The Labute approximate surface area is 479 Å². The molecule has 0 saturated carbocycles. The third kappa shape index (κ3) is 16.3. The van der Waals surface area contributed by atoms with Crippen LogP contribution in [0.5, 0.6) is 0 Å². The molecular weight excluding hydrogens is 1170 g/mol. The molecule has 0 radical (unpaired) electrons. The topological polar surface area (TPSA) is 546 Å². The first kappa shape index (κ1) is 69.8. The minimum Gasteiger partial charge on any atom is -0.394 e. The zero-order valence-electron chi connectivity index (χ0n) is 46.3. The molecule has 6 aliphatic rings. The number of carbonyl (C=O) groups excluding carboxylic acids is 4. The molecular formula is C46H79N5O32S. The molecule has 0 aromatic rings. The Balaban J connectivity index is 1.30. The van der Waals surface area contributed by atoms with Crippen LogP contribution < -0.4 is 26.6 Å². The SMILES string of the molecule is CNC1C(OC2C(CO)OC(OC3C(CO)OC(OC4C(COS(=O)(=O)OC)OC(OC5C(COC6OC(C)C(O)C(O)C6O)OC(O)C(NC(C)=O)C5O)C(NC(C)=O)C4O)C(NC(C)=O)C3O)C(NC(C)=O)C2O)OC(CO)C(O)C1O. The van der Waals surface area contributed by atoms with Gasteiger partial charge in [-0.2, -0.15) is 8.42 Å². The number of hydrogen-bond donors (Lipinski definition) is 18. The van der Waals surface area contributed by atoms with Crippen LogP contribution in [0.15, 0.2) is 0 Å². The molecule has 30 atom stereocenters. The predicted molar refractivity (Wildman–Crippen MR) is 266 cm³/mol. The summed E-state index contributed by atoms with van der Waals surface area (Å²) in [5, 5.41) is 155. The summed E-state index contributed by atoms with van der Waals surface area (Å²) in [6.07, 6.45) is -44.8. The maximum absolute atomic E-state index is 12.9. The van der Waals surface area contributed by atoms with Crippen LogP contribution in [-0.2, 0) is 90.0 Å². The van der Waals surface area contributed by atoms with Crippen molar-refractivity contribution in [2.75, 3.05) is 47.2 Å². The minimum atomic E-state index is -4.89. The van der Waals surface area contributed by atoms with Crippen LogP contribution in [0, 0.1) is 0 Å². The fourth-order valence-electron chi connectivity index (χ4n) is 10.5. The third-order valence-electron chi connectivity index (χ3n) is 14.7. The number of aliphatic hydroxyl groups is 13. The van der Waals surface area contributed by atoms with Gasteiger partial charge in [0.1, 0.15) is 134 Å². The van der Waals surface area contributed by atoms with Crippen molar-refractivity contribution in [3.8, 4) is 0 Å². The van der Waals surface area contributed by atoms with Gasteiger partial charge in [0.15, 0.2) is 37.7 Å². The molecule has 0 aromatic carbocycles. The molecule has 18 N–H and O–H groups in total. The Morgan fingerprint density at radius 3 is 1.20 bits per heavy atom. The van der Waals surface area contributed by atoms with Crippen LogP contribution >= 0.6 is 0 Å². The van der Waals surface area contributed by atoms with Gasteiger partial charge in [-0.05, 0) is 14.0 Å². The maximum Gasteiger partial charge on any atom is 0.399 e. The monoisotopic (exact) mass is 1250 g/mol. The lowest BCUT2D eigenvalue weighted by Crippen LogP contribution is -2.72. The summed E-state index contributed by atoms with van der Waals surface area (Å²) in [6, 6.07) is -8.31. The molecule has 6 fully saturated rings. The highest BCUT2D eigenvalue weighted by atomic mass is 32.3. The molecule has 38 heteroatoms. The van der Waals surface area contributed by atoms with Gasteiger partial charge in [0.05, 0.1) is 52.3 Å². The second kappa shape index (κ2) is 30.3. The molecule has 0 spiro atoms. The van der Waals surface area contributed by atoms with Crippen molar-refractivity contribution >= 4 is 34.0 Å². The number of carbonyl (C=O) groups is 4. The molecule has 0 aliphatic carbocycles. The zero-order valence-corrected chi connectivity index (χ0v) is 47.2. The summed E-state index contributed by atoms with van der Waals surface area (Å²) < 4.78 is 100. The largest absolute Gasteiger partial charge is 0.399 e. The molecule has 37 nitrogen and oxygen atoms in total. The number of likely N-dealkylation sites (N-methyl/N-ethyl adjacent to an activating group) is 1. The quantitative estimate of drug-likeness (QED) is 0.0452. The van der Waals surface area contributed by atoms with Gasteiger partial charge >= 0.3 is 10.4 Å². The Morgan fingerprint density at radius 1 is 0.429 bits per heavy atom. The zero-order chi connectivity index (χ0) is 62.4. The van der Waals surface area contributed by atoms with Crippen molar-refractivity contribution in [3.63, 3.8) is 0 Å². The molecule has 30 unspecified atom stereocenters. The second-order valence-corrected chi connectivity index (χ2v) is 22.1. The third-order valence-corrected chi connectivity index (χ3v) is 15.6. The van der Waals surface area contributed by atoms with Gasteiger partial charge in [0.25, 0.3) is 0 Å². The first-order chi connectivity index (χ1) is 39.5. The molecule has 84 heavy (non-hydrogen) atoms. The van der Waals surface area contributed by atoms with E-state index in [1.54, 1.807) is 0 Å². The van der Waals surface area contributed by atoms with Gasteiger partial charge < -0.3 is 145 Å². The fraction of sp³-hybridized carbons (Fsp3) is 0.913. The van der Waals surface area contributed by atoms with Crippen molar-refractivity contribution in [1.29, 1.82) is 0 Å². The maximum atomic E-state index is 12.9. The van der Waals surface area contributed by atoms with E-state index in [4.69, 9.17) is 56.3 Å². The lowest BCUT2D eigenvalue weighted by Gasteiger charge is -2.51. The standard InChI is InChI=1S/C46H79N5O32S/c1-13-28(59)35(66)36(67)46(74-13)72-11-21-39(31(62)23(41(68)75-21)48-14(2)55)82-45-27(51-17(5)58)34(65)40(22(79-45)12-73-84(69,70)71-7)83-44-26(50-16(4)57)33(64)38(20(10-54)78-44)81-43-25(49-15(3)56)32(63)37(19(9-53)77-43)80-42-24(47-6)30(61)29(60)18(8-52)76-42/h13,18-47,52-54,59-68H,8-12H2,1-7H3,(H,48,55)(H,49,56)(H,50,57)(H,51,58). The molecule has 0 aromatic heterocycles. The van der Waals surface area contributed by atoms with E-state index in [-0.39, 0.29) is 0 Å². The van der Waals surface area contributed by atoms with Gasteiger partial charge in [-0.15, -0.1) is 0 Å². The second-order valence-electron chi connectivity index (χ2n) is 20.7. The lowest BCUT2D eigenvalue weighted by molar-refractivity contribution is -0.368. The van der Waals surface area contributed by atoms with Crippen molar-refractivity contribution in [3.05, 3.63) is 0 Å². The lowest BCUT2D eigenvalue weighted by atomic mass is 9.93. The van der Waals surface area contributed by atoms with E-state index in [1.165, 1.54) is 14.0 Å². The smallest absolute Gasteiger partial charge is 0.394 e. The van der Waals surface area contributed by atoms with E-state index in [9.17, 15) is 94.0 Å². The van der Waals surface area contributed by atoms with Crippen LogP contribution in [0.2, 0.25) is 0 Å². The van der Waals surface area contributed by atoms with Crippen molar-refractivity contribution in [1.82, 2.24) is 26.6 Å². The van der Waals surface area contributed by atoms with Gasteiger partial charge in [-0.1, -0.05) is 0 Å². The highest BCUT2D eigenvalue weighted by Gasteiger charge is 2.58. The van der Waals surface area contributed by atoms with Crippen LogP contribution in [-0.4, -0.2) is 330 Å². The van der Waals surface area contributed by atoms with Crippen molar-refractivity contribution in [2.45, 2.75) is 219 Å². The molecule has 6 rings (SSSR count). The van der Waals surface area contributed by atoms with Gasteiger partial charge in [-0.3, -0.25) is 23.4 Å². The first-order valence-corrected chi connectivity index (χ1v) is 27.8. The summed E-state index contributed by atoms with van der Waals surface area (Å²) in [5.74, 6) is -3.37. The summed E-state index contributed by atoms with van der Waals surface area (Å²) in [6.45, 7) is 0.633. The van der Waals surface area contributed by atoms with E-state index in [0.717, 1.165) is 34.8 Å². The average molecular weight is 1250 g/mol. The van der Waals surface area contributed by atoms with Gasteiger partial charge in [-0.25, -0.2) is 4.18 Å². The van der Waals surface area contributed by atoms with E-state index in [2.05, 4.69) is 30.8 Å². The number of amides is 4. The normalized spacial score (nSPS) is 44.8. The van der Waals surface area contributed by atoms with E-state index in [0.29, 0.717) is 0 Å². The van der Waals surface area contributed by atoms with Crippen molar-refractivity contribution in [2.24, 2.45) is 0 Å². The van der Waals surface area contributed by atoms with Crippen LogP contribution in [0.25, 0.3) is 0 Å². The summed E-state index contributed by atoms with van der Waals surface area (Å²) >= 11 is 0. The molecule has 0 bridgehead atoms. The Kier molecular flexibility index (Phi) is 25.2.